The molecule has 3 rings (SSSR count). The molecule has 1 heterocycles. The van der Waals surface area contributed by atoms with Crippen molar-refractivity contribution < 1.29 is 19.1 Å². The Balaban J connectivity index is 1.57. The molecular weight excluding hydrogens is 390 g/mol. The predicted molar refractivity (Wildman–Crippen MR) is 113 cm³/mol. The topological polar surface area (TPSA) is 89.5 Å². The molecule has 0 bridgehead atoms. The molecule has 0 saturated heterocycles. The summed E-state index contributed by atoms with van der Waals surface area (Å²) in [5.41, 5.74) is 2.71. The summed E-state index contributed by atoms with van der Waals surface area (Å²) in [5, 5.41) is 7.77. The van der Waals surface area contributed by atoms with E-state index in [0.29, 0.717) is 27.8 Å². The molecule has 150 valence electrons. The van der Waals surface area contributed by atoms with Gasteiger partial charge in [0.15, 0.2) is 5.13 Å². The van der Waals surface area contributed by atoms with Crippen LogP contribution in [-0.4, -0.2) is 31.0 Å². The molecule has 2 aromatic carbocycles. The summed E-state index contributed by atoms with van der Waals surface area (Å²) in [5.74, 6) is 0.982. The van der Waals surface area contributed by atoms with Crippen LogP contribution >= 0.6 is 11.3 Å². The van der Waals surface area contributed by atoms with Crippen molar-refractivity contribution in [1.82, 2.24) is 4.98 Å². The van der Waals surface area contributed by atoms with E-state index in [1.165, 1.54) is 11.3 Å². The number of aromatic nitrogens is 1. The van der Waals surface area contributed by atoms with Gasteiger partial charge in [-0.3, -0.25) is 14.9 Å². The SMILES string of the molecule is COc1ccc(C(=O)Nc2nc(CC(=O)Nc3ccc(OC)c(C)c3)cs2)cc1. The second kappa shape index (κ2) is 9.20. The molecule has 3 aromatic rings. The Morgan fingerprint density at radius 1 is 1.03 bits per heavy atom. The third-order valence-corrected chi connectivity index (χ3v) is 4.95. The number of carbonyl (C=O) groups is 2. The number of aryl methyl sites for hydroxylation is 1. The molecule has 2 N–H and O–H groups in total. The van der Waals surface area contributed by atoms with Crippen LogP contribution in [0, 0.1) is 6.92 Å². The van der Waals surface area contributed by atoms with Crippen LogP contribution in [0.4, 0.5) is 10.8 Å². The van der Waals surface area contributed by atoms with Crippen LogP contribution in [-0.2, 0) is 11.2 Å². The highest BCUT2D eigenvalue weighted by atomic mass is 32.1. The van der Waals surface area contributed by atoms with Crippen LogP contribution in [0.3, 0.4) is 0 Å². The minimum Gasteiger partial charge on any atom is -0.497 e. The number of amides is 2. The van der Waals surface area contributed by atoms with E-state index in [-0.39, 0.29) is 18.2 Å². The summed E-state index contributed by atoms with van der Waals surface area (Å²) in [6, 6.07) is 12.2. The summed E-state index contributed by atoms with van der Waals surface area (Å²) in [7, 11) is 3.17. The molecule has 8 heteroatoms. The number of rotatable bonds is 7. The van der Waals surface area contributed by atoms with E-state index in [0.717, 1.165) is 11.3 Å². The molecule has 0 aliphatic rings. The summed E-state index contributed by atoms with van der Waals surface area (Å²) in [4.78, 5) is 28.9. The maximum absolute atomic E-state index is 12.3. The summed E-state index contributed by atoms with van der Waals surface area (Å²) >= 11 is 1.27. The molecule has 0 spiro atoms. The number of thiazole rings is 1. The highest BCUT2D eigenvalue weighted by molar-refractivity contribution is 7.14. The van der Waals surface area contributed by atoms with E-state index in [4.69, 9.17) is 9.47 Å². The summed E-state index contributed by atoms with van der Waals surface area (Å²) in [6.07, 6.45) is 0.111. The lowest BCUT2D eigenvalue weighted by molar-refractivity contribution is -0.115. The quantitative estimate of drug-likeness (QED) is 0.615. The minimum absolute atomic E-state index is 0.111. The van der Waals surface area contributed by atoms with Crippen molar-refractivity contribution in [3.63, 3.8) is 0 Å². The van der Waals surface area contributed by atoms with Crippen LogP contribution in [0.1, 0.15) is 21.6 Å². The molecule has 2 amide bonds. The molecule has 0 atom stereocenters. The Bertz CT molecular complexity index is 1020. The Hall–Kier alpha value is -3.39. The molecule has 0 aliphatic heterocycles. The zero-order valence-corrected chi connectivity index (χ0v) is 17.1. The van der Waals surface area contributed by atoms with Gasteiger partial charge in [0.1, 0.15) is 11.5 Å². The number of nitrogens with zero attached hydrogens (tertiary/aromatic N) is 1. The highest BCUT2D eigenvalue weighted by Gasteiger charge is 2.12. The third kappa shape index (κ3) is 5.32. The normalized spacial score (nSPS) is 10.3. The number of ether oxygens (including phenoxy) is 2. The van der Waals surface area contributed by atoms with Crippen molar-refractivity contribution in [3.8, 4) is 11.5 Å². The van der Waals surface area contributed by atoms with Gasteiger partial charge in [0.25, 0.3) is 5.91 Å². The van der Waals surface area contributed by atoms with Crippen LogP contribution < -0.4 is 20.1 Å². The lowest BCUT2D eigenvalue weighted by Crippen LogP contribution is -2.15. The van der Waals surface area contributed by atoms with E-state index < -0.39 is 0 Å². The Labute approximate surface area is 172 Å². The second-order valence-corrected chi connectivity index (χ2v) is 7.09. The smallest absolute Gasteiger partial charge is 0.257 e. The first-order valence-corrected chi connectivity index (χ1v) is 9.70. The van der Waals surface area contributed by atoms with Crippen LogP contribution in [0.2, 0.25) is 0 Å². The van der Waals surface area contributed by atoms with Gasteiger partial charge < -0.3 is 14.8 Å². The lowest BCUT2D eigenvalue weighted by Gasteiger charge is -2.08. The fourth-order valence-corrected chi connectivity index (χ4v) is 3.39. The zero-order chi connectivity index (χ0) is 20.8. The fraction of sp³-hybridized carbons (Fsp3) is 0.190. The van der Waals surface area contributed by atoms with E-state index in [1.807, 2.05) is 13.0 Å². The zero-order valence-electron chi connectivity index (χ0n) is 16.3. The van der Waals surface area contributed by atoms with Gasteiger partial charge in [-0.1, -0.05) is 0 Å². The first-order valence-electron chi connectivity index (χ1n) is 8.83. The van der Waals surface area contributed by atoms with Gasteiger partial charge in [-0.25, -0.2) is 4.98 Å². The van der Waals surface area contributed by atoms with E-state index in [2.05, 4.69) is 15.6 Å². The molecule has 7 nitrogen and oxygen atoms in total. The number of nitrogens with one attached hydrogen (secondary N) is 2. The van der Waals surface area contributed by atoms with Crippen molar-refractivity contribution in [1.29, 1.82) is 0 Å². The number of hydrogen-bond acceptors (Lipinski definition) is 6. The molecule has 1 aromatic heterocycles. The maximum atomic E-state index is 12.3. The van der Waals surface area contributed by atoms with E-state index in [1.54, 1.807) is 56.0 Å². The number of benzene rings is 2. The Morgan fingerprint density at radius 3 is 2.45 bits per heavy atom. The average molecular weight is 411 g/mol. The van der Waals surface area contributed by atoms with Gasteiger partial charge in [0.05, 0.1) is 26.3 Å². The Morgan fingerprint density at radius 2 is 1.79 bits per heavy atom. The van der Waals surface area contributed by atoms with Crippen molar-refractivity contribution in [2.75, 3.05) is 24.9 Å². The Kier molecular flexibility index (Phi) is 6.46. The lowest BCUT2D eigenvalue weighted by atomic mass is 10.2. The van der Waals surface area contributed by atoms with Crippen molar-refractivity contribution >= 4 is 34.0 Å². The molecule has 0 saturated carbocycles. The molecule has 0 radical (unpaired) electrons. The fourth-order valence-electron chi connectivity index (χ4n) is 2.68. The highest BCUT2D eigenvalue weighted by Crippen LogP contribution is 2.22. The third-order valence-electron chi connectivity index (χ3n) is 4.14. The van der Waals surface area contributed by atoms with Crippen molar-refractivity contribution in [3.05, 3.63) is 64.7 Å². The molecular formula is C21H21N3O4S. The number of hydrogen-bond donors (Lipinski definition) is 2. The molecule has 0 unspecified atom stereocenters. The molecule has 29 heavy (non-hydrogen) atoms. The van der Waals surface area contributed by atoms with Crippen LogP contribution in [0.25, 0.3) is 0 Å². The first-order chi connectivity index (χ1) is 14.0. The molecule has 0 fully saturated rings. The number of anilines is 2. The van der Waals surface area contributed by atoms with Gasteiger partial charge in [0.2, 0.25) is 5.91 Å². The number of carbonyl (C=O) groups excluding carboxylic acids is 2. The average Bonchev–Trinajstić information content (AvgIpc) is 3.14. The van der Waals surface area contributed by atoms with E-state index in [9.17, 15) is 9.59 Å². The molecule has 0 aliphatic carbocycles. The second-order valence-electron chi connectivity index (χ2n) is 6.24. The predicted octanol–water partition coefficient (Wildman–Crippen LogP) is 3.90. The van der Waals surface area contributed by atoms with Gasteiger partial charge in [-0.15, -0.1) is 11.3 Å². The number of methoxy groups -OCH3 is 2. The van der Waals surface area contributed by atoms with Crippen LogP contribution in [0.5, 0.6) is 11.5 Å². The largest absolute Gasteiger partial charge is 0.497 e. The van der Waals surface area contributed by atoms with Crippen LogP contribution in [0.15, 0.2) is 47.8 Å². The van der Waals surface area contributed by atoms with Crippen molar-refractivity contribution in [2.24, 2.45) is 0 Å². The van der Waals surface area contributed by atoms with Gasteiger partial charge in [-0.05, 0) is 55.0 Å². The summed E-state index contributed by atoms with van der Waals surface area (Å²) < 4.78 is 10.3. The summed E-state index contributed by atoms with van der Waals surface area (Å²) in [6.45, 7) is 1.91. The van der Waals surface area contributed by atoms with Gasteiger partial charge >= 0.3 is 0 Å². The standard InChI is InChI=1S/C21H21N3O4S/c1-13-10-15(6-9-18(13)28-3)22-19(25)11-16-12-29-21(23-16)24-20(26)14-4-7-17(27-2)8-5-14/h4-10,12H,11H2,1-3H3,(H,22,25)(H,23,24,26). The van der Waals surface area contributed by atoms with Gasteiger partial charge in [-0.2, -0.15) is 0 Å². The maximum Gasteiger partial charge on any atom is 0.257 e. The van der Waals surface area contributed by atoms with Crippen molar-refractivity contribution in [2.45, 2.75) is 13.3 Å². The first kappa shape index (κ1) is 20.3. The monoisotopic (exact) mass is 411 g/mol. The minimum atomic E-state index is -0.272. The van der Waals surface area contributed by atoms with Gasteiger partial charge in [0, 0.05) is 16.6 Å². The van der Waals surface area contributed by atoms with E-state index >= 15 is 0 Å².